The van der Waals surface area contributed by atoms with Gasteiger partial charge in [-0.15, -0.1) is 0 Å². The van der Waals surface area contributed by atoms with Crippen LogP contribution in [0.5, 0.6) is 5.75 Å². The third kappa shape index (κ3) is 3.74. The van der Waals surface area contributed by atoms with Crippen molar-refractivity contribution in [1.29, 1.82) is 5.26 Å². The monoisotopic (exact) mass is 409 g/mol. The van der Waals surface area contributed by atoms with E-state index >= 15 is 0 Å². The number of anilines is 1. The molecule has 1 aliphatic rings. The minimum Gasteiger partial charge on any atom is -0.497 e. The molecule has 1 saturated heterocycles. The van der Waals surface area contributed by atoms with Crippen LogP contribution in [0, 0.1) is 11.3 Å². The number of nitrogens with one attached hydrogen (secondary N) is 1. The van der Waals surface area contributed by atoms with Crippen molar-refractivity contribution in [1.82, 2.24) is 4.98 Å². The number of nitrogens with zero attached hydrogens (tertiary/aromatic N) is 2. The Morgan fingerprint density at radius 3 is 2.52 bits per heavy atom. The summed E-state index contributed by atoms with van der Waals surface area (Å²) in [6.45, 7) is 3.43. The average molecular weight is 409 g/mol. The molecule has 5 rings (SSSR count). The molecule has 1 fully saturated rings. The lowest BCUT2D eigenvalue weighted by Crippen LogP contribution is -2.36. The van der Waals surface area contributed by atoms with Gasteiger partial charge in [-0.2, -0.15) is 5.26 Å². The smallest absolute Gasteiger partial charge is 0.120 e. The largest absolute Gasteiger partial charge is 0.497 e. The first-order valence-electron chi connectivity index (χ1n) is 10.4. The summed E-state index contributed by atoms with van der Waals surface area (Å²) in [7, 11) is 1.62. The molecule has 0 saturated carbocycles. The number of rotatable bonds is 4. The summed E-state index contributed by atoms with van der Waals surface area (Å²) in [5, 5.41) is 10.5. The molecule has 1 N–H and O–H groups in total. The number of H-pyrrole nitrogens is 1. The van der Waals surface area contributed by atoms with Crippen LogP contribution in [0.2, 0.25) is 0 Å². The molecule has 2 heterocycles. The molecule has 0 radical (unpaired) electrons. The number of benzene rings is 3. The summed E-state index contributed by atoms with van der Waals surface area (Å²) >= 11 is 0. The molecule has 0 spiro atoms. The van der Waals surface area contributed by atoms with E-state index in [4.69, 9.17) is 9.47 Å². The van der Waals surface area contributed by atoms with E-state index in [-0.39, 0.29) is 0 Å². The average Bonchev–Trinajstić information content (AvgIpc) is 3.29. The predicted molar refractivity (Wildman–Crippen MR) is 123 cm³/mol. The molecule has 5 heteroatoms. The highest BCUT2D eigenvalue weighted by atomic mass is 16.5. The van der Waals surface area contributed by atoms with E-state index in [1.807, 2.05) is 18.2 Å². The second-order valence-corrected chi connectivity index (χ2v) is 7.66. The summed E-state index contributed by atoms with van der Waals surface area (Å²) in [5.74, 6) is 0.681. The van der Waals surface area contributed by atoms with Crippen LogP contribution in [-0.2, 0) is 4.74 Å². The van der Waals surface area contributed by atoms with Gasteiger partial charge < -0.3 is 19.4 Å². The molecule has 0 atom stereocenters. The van der Waals surface area contributed by atoms with Crippen molar-refractivity contribution >= 4 is 16.6 Å². The van der Waals surface area contributed by atoms with Gasteiger partial charge >= 0.3 is 0 Å². The quantitative estimate of drug-likeness (QED) is 0.502. The SMILES string of the molecule is COc1cc(C#N)cc(-c2cccc3[nH]c(-c4ccc(N5CCOCC5)cc4)cc23)c1. The molecule has 31 heavy (non-hydrogen) atoms. The first kappa shape index (κ1) is 19.2. The van der Waals surface area contributed by atoms with Gasteiger partial charge in [0.25, 0.3) is 0 Å². The Morgan fingerprint density at radius 1 is 0.968 bits per heavy atom. The van der Waals surface area contributed by atoms with Crippen LogP contribution < -0.4 is 9.64 Å². The van der Waals surface area contributed by atoms with Gasteiger partial charge in [-0.25, -0.2) is 0 Å². The number of aromatic amines is 1. The van der Waals surface area contributed by atoms with E-state index in [0.29, 0.717) is 11.3 Å². The van der Waals surface area contributed by atoms with Gasteiger partial charge in [-0.1, -0.05) is 24.3 Å². The zero-order valence-corrected chi connectivity index (χ0v) is 17.4. The molecular formula is C26H23N3O2. The highest BCUT2D eigenvalue weighted by Gasteiger charge is 2.13. The van der Waals surface area contributed by atoms with Crippen LogP contribution in [0.25, 0.3) is 33.3 Å². The lowest BCUT2D eigenvalue weighted by Gasteiger charge is -2.28. The van der Waals surface area contributed by atoms with E-state index < -0.39 is 0 Å². The number of ether oxygens (including phenoxy) is 2. The van der Waals surface area contributed by atoms with Crippen LogP contribution in [0.4, 0.5) is 5.69 Å². The Kier molecular flexibility index (Phi) is 5.07. The number of methoxy groups -OCH3 is 1. The van der Waals surface area contributed by atoms with Crippen LogP contribution >= 0.6 is 0 Å². The third-order valence-electron chi connectivity index (χ3n) is 5.80. The lowest BCUT2D eigenvalue weighted by atomic mass is 9.99. The van der Waals surface area contributed by atoms with Gasteiger partial charge in [0, 0.05) is 35.4 Å². The number of nitriles is 1. The molecule has 0 bridgehead atoms. The minimum atomic E-state index is 0.584. The second-order valence-electron chi connectivity index (χ2n) is 7.66. The molecular weight excluding hydrogens is 386 g/mol. The molecule has 154 valence electrons. The summed E-state index contributed by atoms with van der Waals surface area (Å²) in [6.07, 6.45) is 0. The Balaban J connectivity index is 1.52. The number of aromatic nitrogens is 1. The molecule has 0 unspecified atom stereocenters. The van der Waals surface area contributed by atoms with Gasteiger partial charge in [0.1, 0.15) is 5.75 Å². The second kappa shape index (κ2) is 8.17. The van der Waals surface area contributed by atoms with Crippen molar-refractivity contribution in [2.45, 2.75) is 0 Å². The van der Waals surface area contributed by atoms with E-state index in [1.165, 1.54) is 5.69 Å². The zero-order chi connectivity index (χ0) is 21.2. The maximum Gasteiger partial charge on any atom is 0.120 e. The van der Waals surface area contributed by atoms with Crippen molar-refractivity contribution < 1.29 is 9.47 Å². The fourth-order valence-electron chi connectivity index (χ4n) is 4.17. The van der Waals surface area contributed by atoms with Crippen molar-refractivity contribution in [3.63, 3.8) is 0 Å². The fourth-order valence-corrected chi connectivity index (χ4v) is 4.17. The van der Waals surface area contributed by atoms with E-state index in [0.717, 1.165) is 59.6 Å². The number of hydrogen-bond acceptors (Lipinski definition) is 4. The number of fused-ring (bicyclic) bond motifs is 1. The van der Waals surface area contributed by atoms with E-state index in [2.05, 4.69) is 58.4 Å². The highest BCUT2D eigenvalue weighted by Crippen LogP contribution is 2.35. The topological polar surface area (TPSA) is 61.3 Å². The Hall–Kier alpha value is -3.75. The van der Waals surface area contributed by atoms with Gasteiger partial charge in [0.15, 0.2) is 0 Å². The Bertz CT molecular complexity index is 1260. The van der Waals surface area contributed by atoms with Crippen molar-refractivity contribution in [2.75, 3.05) is 38.3 Å². The Morgan fingerprint density at radius 2 is 1.77 bits per heavy atom. The summed E-state index contributed by atoms with van der Waals surface area (Å²) in [5.41, 5.74) is 7.12. The van der Waals surface area contributed by atoms with Crippen molar-refractivity contribution in [2.24, 2.45) is 0 Å². The van der Waals surface area contributed by atoms with Crippen LogP contribution in [0.1, 0.15) is 5.56 Å². The molecule has 0 amide bonds. The zero-order valence-electron chi connectivity index (χ0n) is 17.4. The molecule has 0 aliphatic carbocycles. The molecule has 5 nitrogen and oxygen atoms in total. The van der Waals surface area contributed by atoms with Gasteiger partial charge in [-0.05, 0) is 59.2 Å². The molecule has 1 aliphatic heterocycles. The van der Waals surface area contributed by atoms with Crippen LogP contribution in [-0.4, -0.2) is 38.4 Å². The fraction of sp³-hybridized carbons (Fsp3) is 0.192. The third-order valence-corrected chi connectivity index (χ3v) is 5.80. The van der Waals surface area contributed by atoms with Gasteiger partial charge in [0.2, 0.25) is 0 Å². The van der Waals surface area contributed by atoms with Crippen molar-refractivity contribution in [3.05, 3.63) is 72.3 Å². The number of morpholine rings is 1. The standard InChI is InChI=1S/C26H23N3O2/c1-30-22-14-18(17-27)13-20(15-22)23-3-2-4-25-24(23)16-26(28-25)19-5-7-21(8-6-19)29-9-11-31-12-10-29/h2-8,13-16,28H,9-12H2,1H3. The van der Waals surface area contributed by atoms with Gasteiger partial charge in [-0.3, -0.25) is 0 Å². The highest BCUT2D eigenvalue weighted by molar-refractivity contribution is 5.98. The predicted octanol–water partition coefficient (Wildman–Crippen LogP) is 5.22. The molecule has 1 aromatic heterocycles. The Labute approximate surface area is 181 Å². The maximum atomic E-state index is 9.39. The summed E-state index contributed by atoms with van der Waals surface area (Å²) in [6, 6.07) is 24.9. The number of hydrogen-bond donors (Lipinski definition) is 1. The minimum absolute atomic E-state index is 0.584. The molecule has 3 aromatic carbocycles. The van der Waals surface area contributed by atoms with E-state index in [1.54, 1.807) is 13.2 Å². The lowest BCUT2D eigenvalue weighted by molar-refractivity contribution is 0.122. The first-order valence-corrected chi connectivity index (χ1v) is 10.4. The maximum absolute atomic E-state index is 9.39. The first-order chi connectivity index (χ1) is 15.2. The van der Waals surface area contributed by atoms with Crippen LogP contribution in [0.15, 0.2) is 66.7 Å². The summed E-state index contributed by atoms with van der Waals surface area (Å²) in [4.78, 5) is 5.90. The van der Waals surface area contributed by atoms with E-state index in [9.17, 15) is 5.26 Å². The normalized spacial score (nSPS) is 13.9. The molecule has 4 aromatic rings. The van der Waals surface area contributed by atoms with Crippen molar-refractivity contribution in [3.8, 4) is 34.2 Å². The summed E-state index contributed by atoms with van der Waals surface area (Å²) < 4.78 is 10.8. The van der Waals surface area contributed by atoms with Crippen LogP contribution in [0.3, 0.4) is 0 Å². The van der Waals surface area contributed by atoms with Gasteiger partial charge in [0.05, 0.1) is 32.0 Å².